The fourth-order valence-electron chi connectivity index (χ4n) is 2.13. The lowest BCUT2D eigenvalue weighted by molar-refractivity contribution is 0.383. The Bertz CT molecular complexity index is 571. The summed E-state index contributed by atoms with van der Waals surface area (Å²) in [6.07, 6.45) is 0.550. The van der Waals surface area contributed by atoms with E-state index in [-0.39, 0.29) is 17.5 Å². The van der Waals surface area contributed by atoms with Crippen LogP contribution in [0.25, 0.3) is 0 Å². The number of rotatable bonds is 5. The molecular formula is C16H15BrClFO. The van der Waals surface area contributed by atoms with E-state index in [0.717, 1.165) is 10.0 Å². The van der Waals surface area contributed by atoms with Crippen molar-refractivity contribution in [2.75, 3.05) is 13.0 Å². The Kier molecular flexibility index (Phi) is 5.44. The molecule has 2 rings (SSSR count). The van der Waals surface area contributed by atoms with Gasteiger partial charge >= 0.3 is 0 Å². The average Bonchev–Trinajstić information content (AvgIpc) is 2.47. The zero-order valence-electron chi connectivity index (χ0n) is 11.1. The highest BCUT2D eigenvalue weighted by molar-refractivity contribution is 9.10. The molecular weight excluding hydrogens is 343 g/mol. The van der Waals surface area contributed by atoms with Crippen molar-refractivity contribution < 1.29 is 9.13 Å². The van der Waals surface area contributed by atoms with Crippen molar-refractivity contribution in [3.63, 3.8) is 0 Å². The van der Waals surface area contributed by atoms with Crippen LogP contribution in [0.4, 0.5) is 4.39 Å². The van der Waals surface area contributed by atoms with Gasteiger partial charge in [0.05, 0.1) is 7.11 Å². The number of alkyl halides is 1. The minimum absolute atomic E-state index is 0.0753. The van der Waals surface area contributed by atoms with Crippen molar-refractivity contribution >= 4 is 27.5 Å². The van der Waals surface area contributed by atoms with Gasteiger partial charge in [-0.15, -0.1) is 11.6 Å². The van der Waals surface area contributed by atoms with Gasteiger partial charge in [0.25, 0.3) is 0 Å². The molecule has 0 heterocycles. The predicted octanol–water partition coefficient (Wildman–Crippen LogP) is 5.16. The van der Waals surface area contributed by atoms with E-state index in [9.17, 15) is 4.39 Å². The Balaban J connectivity index is 2.24. The zero-order chi connectivity index (χ0) is 14.5. The fourth-order valence-corrected chi connectivity index (χ4v) is 2.69. The summed E-state index contributed by atoms with van der Waals surface area (Å²) in [6.45, 7) is 0. The number of hydrogen-bond donors (Lipinski definition) is 0. The summed E-state index contributed by atoms with van der Waals surface area (Å²) in [7, 11) is 1.47. The molecule has 2 aromatic carbocycles. The topological polar surface area (TPSA) is 9.23 Å². The van der Waals surface area contributed by atoms with Crippen LogP contribution in [0.15, 0.2) is 46.9 Å². The van der Waals surface area contributed by atoms with E-state index < -0.39 is 0 Å². The molecule has 0 radical (unpaired) electrons. The molecule has 106 valence electrons. The van der Waals surface area contributed by atoms with Crippen LogP contribution < -0.4 is 4.74 Å². The van der Waals surface area contributed by atoms with E-state index in [2.05, 4.69) is 15.9 Å². The molecule has 20 heavy (non-hydrogen) atoms. The number of ether oxygens (including phenoxy) is 1. The average molecular weight is 358 g/mol. The molecule has 0 saturated heterocycles. The van der Waals surface area contributed by atoms with Crippen molar-refractivity contribution in [3.05, 3.63) is 63.9 Å². The van der Waals surface area contributed by atoms with Gasteiger partial charge in [-0.2, -0.15) is 0 Å². The lowest BCUT2D eigenvalue weighted by Gasteiger charge is -2.16. The lowest BCUT2D eigenvalue weighted by Crippen LogP contribution is -2.07. The molecule has 2 aromatic rings. The van der Waals surface area contributed by atoms with E-state index in [4.69, 9.17) is 16.3 Å². The molecule has 0 aromatic heterocycles. The van der Waals surface area contributed by atoms with Crippen LogP contribution in [0.2, 0.25) is 0 Å². The largest absolute Gasteiger partial charge is 0.494 e. The van der Waals surface area contributed by atoms with Crippen molar-refractivity contribution in [1.29, 1.82) is 0 Å². The summed E-state index contributed by atoms with van der Waals surface area (Å²) in [5, 5.41) is 0. The standard InChI is InChI=1S/C16H15BrClFO/c1-20-15-4-2-3-12(16(15)19)9-13(10-18)11-5-7-14(17)8-6-11/h2-8,13H,9-10H2,1H3. The first-order valence-corrected chi connectivity index (χ1v) is 7.61. The maximum absolute atomic E-state index is 14.2. The van der Waals surface area contributed by atoms with Crippen LogP contribution in [0, 0.1) is 5.82 Å². The first kappa shape index (κ1) is 15.3. The van der Waals surface area contributed by atoms with Gasteiger partial charge in [0.2, 0.25) is 0 Å². The maximum Gasteiger partial charge on any atom is 0.168 e. The van der Waals surface area contributed by atoms with Gasteiger partial charge in [-0.3, -0.25) is 0 Å². The highest BCUT2D eigenvalue weighted by Crippen LogP contribution is 2.28. The molecule has 0 aliphatic heterocycles. The minimum Gasteiger partial charge on any atom is -0.494 e. The van der Waals surface area contributed by atoms with Crippen LogP contribution >= 0.6 is 27.5 Å². The summed E-state index contributed by atoms with van der Waals surface area (Å²) in [6, 6.07) is 13.1. The Morgan fingerprint density at radius 2 is 1.90 bits per heavy atom. The molecule has 0 fully saturated rings. The second-order valence-electron chi connectivity index (χ2n) is 4.54. The van der Waals surface area contributed by atoms with Crippen molar-refractivity contribution in [2.45, 2.75) is 12.3 Å². The second-order valence-corrected chi connectivity index (χ2v) is 5.76. The lowest BCUT2D eigenvalue weighted by atomic mass is 9.93. The van der Waals surface area contributed by atoms with E-state index in [1.165, 1.54) is 7.11 Å². The molecule has 1 nitrogen and oxygen atoms in total. The molecule has 4 heteroatoms. The van der Waals surface area contributed by atoms with Gasteiger partial charge < -0.3 is 4.74 Å². The molecule has 1 unspecified atom stereocenters. The molecule has 0 spiro atoms. The molecule has 0 bridgehead atoms. The number of hydrogen-bond acceptors (Lipinski definition) is 1. The monoisotopic (exact) mass is 356 g/mol. The van der Waals surface area contributed by atoms with E-state index in [1.54, 1.807) is 18.2 Å². The molecule has 0 aliphatic rings. The van der Waals surface area contributed by atoms with Gasteiger partial charge in [-0.25, -0.2) is 4.39 Å². The van der Waals surface area contributed by atoms with Gasteiger partial charge in [0.15, 0.2) is 11.6 Å². The summed E-state index contributed by atoms with van der Waals surface area (Å²) in [4.78, 5) is 0. The van der Waals surface area contributed by atoms with Crippen LogP contribution in [-0.4, -0.2) is 13.0 Å². The number of halogens is 3. The third-order valence-electron chi connectivity index (χ3n) is 3.26. The van der Waals surface area contributed by atoms with Crippen LogP contribution in [-0.2, 0) is 6.42 Å². The van der Waals surface area contributed by atoms with Gasteiger partial charge in [-0.05, 0) is 35.7 Å². The summed E-state index contributed by atoms with van der Waals surface area (Å²) < 4.78 is 20.2. The van der Waals surface area contributed by atoms with Crippen LogP contribution in [0.3, 0.4) is 0 Å². The normalized spacial score (nSPS) is 12.2. The van der Waals surface area contributed by atoms with Crippen molar-refractivity contribution in [1.82, 2.24) is 0 Å². The first-order chi connectivity index (χ1) is 9.65. The molecule has 0 saturated carbocycles. The molecule has 0 aliphatic carbocycles. The highest BCUT2D eigenvalue weighted by Gasteiger charge is 2.16. The third kappa shape index (κ3) is 3.53. The maximum atomic E-state index is 14.2. The van der Waals surface area contributed by atoms with Crippen LogP contribution in [0.1, 0.15) is 17.0 Å². The van der Waals surface area contributed by atoms with E-state index in [1.807, 2.05) is 24.3 Å². The highest BCUT2D eigenvalue weighted by atomic mass is 79.9. The Labute approximate surface area is 131 Å². The fraction of sp³-hybridized carbons (Fsp3) is 0.250. The molecule has 0 N–H and O–H groups in total. The van der Waals surface area contributed by atoms with Crippen molar-refractivity contribution in [2.24, 2.45) is 0 Å². The number of benzene rings is 2. The quantitative estimate of drug-likeness (QED) is 0.671. The molecule has 1 atom stereocenters. The van der Waals surface area contributed by atoms with Gasteiger partial charge in [0.1, 0.15) is 0 Å². The molecule has 0 amide bonds. The third-order valence-corrected chi connectivity index (χ3v) is 4.16. The Morgan fingerprint density at radius 3 is 2.50 bits per heavy atom. The van der Waals surface area contributed by atoms with Crippen molar-refractivity contribution in [3.8, 4) is 5.75 Å². The first-order valence-electron chi connectivity index (χ1n) is 6.28. The Hall–Kier alpha value is -1.06. The minimum atomic E-state index is -0.303. The zero-order valence-corrected chi connectivity index (χ0v) is 13.4. The SMILES string of the molecule is COc1cccc(CC(CCl)c2ccc(Br)cc2)c1F. The van der Waals surface area contributed by atoms with E-state index in [0.29, 0.717) is 17.9 Å². The Morgan fingerprint density at radius 1 is 1.20 bits per heavy atom. The summed E-state index contributed by atoms with van der Waals surface area (Å²) in [5.41, 5.74) is 1.73. The van der Waals surface area contributed by atoms with Crippen LogP contribution in [0.5, 0.6) is 5.75 Å². The second kappa shape index (κ2) is 7.09. The predicted molar refractivity (Wildman–Crippen MR) is 84.3 cm³/mol. The number of methoxy groups -OCH3 is 1. The van der Waals surface area contributed by atoms with Gasteiger partial charge in [0, 0.05) is 16.3 Å². The van der Waals surface area contributed by atoms with Gasteiger partial charge in [-0.1, -0.05) is 40.2 Å². The smallest absolute Gasteiger partial charge is 0.168 e. The van der Waals surface area contributed by atoms with E-state index >= 15 is 0 Å². The summed E-state index contributed by atoms with van der Waals surface area (Å²) in [5.74, 6) is 0.485. The summed E-state index contributed by atoms with van der Waals surface area (Å²) >= 11 is 9.46.